The molecule has 0 aliphatic carbocycles. The van der Waals surface area contributed by atoms with E-state index in [-0.39, 0.29) is 12.1 Å². The van der Waals surface area contributed by atoms with Gasteiger partial charge < -0.3 is 24.3 Å². The lowest BCUT2D eigenvalue weighted by atomic mass is 10.1. The Morgan fingerprint density at radius 3 is 2.39 bits per heavy atom. The molecule has 0 saturated carbocycles. The topological polar surface area (TPSA) is 114 Å². The van der Waals surface area contributed by atoms with Crippen LogP contribution in [0, 0.1) is 0 Å². The first-order valence-electron chi connectivity index (χ1n) is 10.2. The zero-order valence-corrected chi connectivity index (χ0v) is 19.0. The van der Waals surface area contributed by atoms with Crippen molar-refractivity contribution >= 4 is 11.9 Å². The number of carbonyl (C=O) groups is 2. The molecule has 0 bridgehead atoms. The zero-order valence-electron chi connectivity index (χ0n) is 19.0. The molecule has 1 amide bonds. The predicted octanol–water partition coefficient (Wildman–Crippen LogP) is 2.33. The molecule has 1 N–H and O–H groups in total. The monoisotopic (exact) mass is 454 g/mol. The maximum absolute atomic E-state index is 12.6. The number of benzene rings is 1. The Balaban J connectivity index is 1.62. The van der Waals surface area contributed by atoms with Crippen LogP contribution in [0.1, 0.15) is 28.5 Å². The molecule has 0 unspecified atom stereocenters. The van der Waals surface area contributed by atoms with Crippen LogP contribution in [0.5, 0.6) is 17.2 Å². The summed E-state index contributed by atoms with van der Waals surface area (Å²) in [6, 6.07) is 8.80. The molecule has 33 heavy (non-hydrogen) atoms. The van der Waals surface area contributed by atoms with Gasteiger partial charge >= 0.3 is 5.97 Å². The molecular weight excluding hydrogens is 428 g/mol. The summed E-state index contributed by atoms with van der Waals surface area (Å²) in [5.74, 6) is 1.04. The molecule has 10 nitrogen and oxygen atoms in total. The molecule has 0 aliphatic heterocycles. The molecule has 174 valence electrons. The largest absolute Gasteiger partial charge is 0.496 e. The van der Waals surface area contributed by atoms with Gasteiger partial charge in [-0.1, -0.05) is 13.0 Å². The van der Waals surface area contributed by atoms with Crippen LogP contribution >= 0.6 is 0 Å². The van der Waals surface area contributed by atoms with Crippen molar-refractivity contribution in [2.75, 3.05) is 27.9 Å². The van der Waals surface area contributed by atoms with Gasteiger partial charge in [-0.25, -0.2) is 14.5 Å². The van der Waals surface area contributed by atoms with Crippen molar-refractivity contribution in [2.45, 2.75) is 19.9 Å². The Bertz CT molecular complexity index is 1110. The van der Waals surface area contributed by atoms with E-state index in [1.165, 1.54) is 27.5 Å². The maximum Gasteiger partial charge on any atom is 0.342 e. The number of hydrogen-bond acceptors (Lipinski definition) is 8. The van der Waals surface area contributed by atoms with Crippen molar-refractivity contribution in [2.24, 2.45) is 0 Å². The van der Waals surface area contributed by atoms with Crippen LogP contribution in [-0.4, -0.2) is 54.6 Å². The van der Waals surface area contributed by atoms with Gasteiger partial charge in [0.05, 0.1) is 33.2 Å². The fourth-order valence-corrected chi connectivity index (χ4v) is 3.25. The molecule has 2 aromatic heterocycles. The highest BCUT2D eigenvalue weighted by Gasteiger charge is 2.20. The minimum Gasteiger partial charge on any atom is -0.496 e. The fourth-order valence-electron chi connectivity index (χ4n) is 3.25. The van der Waals surface area contributed by atoms with Gasteiger partial charge in [0.15, 0.2) is 23.9 Å². The normalized spacial score (nSPS) is 10.4. The predicted molar refractivity (Wildman–Crippen MR) is 119 cm³/mol. The lowest BCUT2D eigenvalue weighted by Crippen LogP contribution is -2.28. The lowest BCUT2D eigenvalue weighted by molar-refractivity contribution is -0.124. The number of methoxy groups -OCH3 is 3. The van der Waals surface area contributed by atoms with Crippen LogP contribution in [-0.2, 0) is 22.5 Å². The Kier molecular flexibility index (Phi) is 7.85. The lowest BCUT2D eigenvalue weighted by Gasteiger charge is -2.14. The molecule has 0 spiro atoms. The Morgan fingerprint density at radius 2 is 1.76 bits per heavy atom. The Labute approximate surface area is 191 Å². The number of aromatic nitrogens is 3. The number of amides is 1. The third kappa shape index (κ3) is 5.40. The van der Waals surface area contributed by atoms with E-state index in [4.69, 9.17) is 18.9 Å². The minimum absolute atomic E-state index is 0.151. The van der Waals surface area contributed by atoms with Crippen LogP contribution in [0.15, 0.2) is 42.7 Å². The summed E-state index contributed by atoms with van der Waals surface area (Å²) in [4.78, 5) is 29.1. The molecule has 2 heterocycles. The van der Waals surface area contributed by atoms with Gasteiger partial charge in [0, 0.05) is 24.4 Å². The van der Waals surface area contributed by atoms with E-state index in [9.17, 15) is 9.59 Å². The van der Waals surface area contributed by atoms with Crippen molar-refractivity contribution in [1.29, 1.82) is 0 Å². The zero-order chi connectivity index (χ0) is 23.8. The van der Waals surface area contributed by atoms with Crippen LogP contribution in [0.3, 0.4) is 0 Å². The summed E-state index contributed by atoms with van der Waals surface area (Å²) in [5.41, 5.74) is 1.62. The van der Waals surface area contributed by atoms with E-state index in [1.807, 2.05) is 13.0 Å². The van der Waals surface area contributed by atoms with Crippen LogP contribution < -0.4 is 19.5 Å². The molecule has 10 heteroatoms. The number of pyridine rings is 1. The standard InChI is InChI=1S/C23H26N4O6/c1-5-17-16(13-26-27(17)21-8-6-7-9-24-21)23(29)33-14-22(28)25-12-15-10-19(31-3)20(32-4)11-18(15)30-2/h6-11,13H,5,12,14H2,1-4H3,(H,25,28). The fraction of sp³-hybridized carbons (Fsp3) is 0.304. The van der Waals surface area contributed by atoms with Gasteiger partial charge in [0.2, 0.25) is 0 Å². The molecule has 3 rings (SSSR count). The van der Waals surface area contributed by atoms with Gasteiger partial charge in [-0.05, 0) is 24.6 Å². The molecule has 0 aliphatic rings. The Hall–Kier alpha value is -4.08. The van der Waals surface area contributed by atoms with Crippen LogP contribution in [0.25, 0.3) is 5.82 Å². The molecular formula is C23H26N4O6. The van der Waals surface area contributed by atoms with E-state index >= 15 is 0 Å². The maximum atomic E-state index is 12.6. The van der Waals surface area contributed by atoms with Gasteiger partial charge in [-0.3, -0.25) is 4.79 Å². The van der Waals surface area contributed by atoms with E-state index in [2.05, 4.69) is 15.4 Å². The number of carbonyl (C=O) groups excluding carboxylic acids is 2. The number of esters is 1. The SMILES string of the molecule is CCc1c(C(=O)OCC(=O)NCc2cc(OC)c(OC)cc2OC)cnn1-c1ccccn1. The highest BCUT2D eigenvalue weighted by molar-refractivity contribution is 5.92. The summed E-state index contributed by atoms with van der Waals surface area (Å²) in [6.45, 7) is 1.61. The van der Waals surface area contributed by atoms with Gasteiger partial charge in [0.1, 0.15) is 11.3 Å². The minimum atomic E-state index is -0.632. The van der Waals surface area contributed by atoms with Gasteiger partial charge in [-0.2, -0.15) is 5.10 Å². The summed E-state index contributed by atoms with van der Waals surface area (Å²) in [5, 5.41) is 6.95. The van der Waals surface area contributed by atoms with Crippen molar-refractivity contribution < 1.29 is 28.5 Å². The summed E-state index contributed by atoms with van der Waals surface area (Å²) in [6.07, 6.45) is 3.60. The summed E-state index contributed by atoms with van der Waals surface area (Å²) < 4.78 is 22.7. The first kappa shape index (κ1) is 23.6. The smallest absolute Gasteiger partial charge is 0.342 e. The number of nitrogens with zero attached hydrogens (tertiary/aromatic N) is 3. The van der Waals surface area contributed by atoms with Crippen LogP contribution in [0.4, 0.5) is 0 Å². The third-order valence-corrected chi connectivity index (χ3v) is 4.89. The van der Waals surface area contributed by atoms with E-state index in [0.29, 0.717) is 40.7 Å². The second-order valence-corrected chi connectivity index (χ2v) is 6.83. The van der Waals surface area contributed by atoms with Crippen molar-refractivity contribution in [3.8, 4) is 23.1 Å². The van der Waals surface area contributed by atoms with E-state index < -0.39 is 18.5 Å². The second kappa shape index (κ2) is 11.0. The van der Waals surface area contributed by atoms with Crippen molar-refractivity contribution in [1.82, 2.24) is 20.1 Å². The van der Waals surface area contributed by atoms with E-state index in [1.54, 1.807) is 35.1 Å². The number of hydrogen-bond donors (Lipinski definition) is 1. The molecule has 3 aromatic rings. The second-order valence-electron chi connectivity index (χ2n) is 6.83. The van der Waals surface area contributed by atoms with E-state index in [0.717, 1.165) is 0 Å². The first-order chi connectivity index (χ1) is 16.0. The average Bonchev–Trinajstić information content (AvgIpc) is 3.30. The molecule has 0 radical (unpaired) electrons. The van der Waals surface area contributed by atoms with Crippen molar-refractivity contribution in [3.05, 3.63) is 59.5 Å². The molecule has 0 saturated heterocycles. The van der Waals surface area contributed by atoms with Gasteiger partial charge in [-0.15, -0.1) is 0 Å². The molecule has 1 aromatic carbocycles. The first-order valence-corrected chi connectivity index (χ1v) is 10.2. The average molecular weight is 454 g/mol. The summed E-state index contributed by atoms with van der Waals surface area (Å²) in [7, 11) is 4.56. The number of nitrogens with one attached hydrogen (secondary N) is 1. The molecule has 0 atom stereocenters. The Morgan fingerprint density at radius 1 is 1.03 bits per heavy atom. The number of rotatable bonds is 10. The van der Waals surface area contributed by atoms with Crippen molar-refractivity contribution in [3.63, 3.8) is 0 Å². The quantitative estimate of drug-likeness (QED) is 0.465. The molecule has 0 fully saturated rings. The highest BCUT2D eigenvalue weighted by atomic mass is 16.5. The number of ether oxygens (including phenoxy) is 4. The third-order valence-electron chi connectivity index (χ3n) is 4.89. The highest BCUT2D eigenvalue weighted by Crippen LogP contribution is 2.34. The van der Waals surface area contributed by atoms with Gasteiger partial charge in [0.25, 0.3) is 5.91 Å². The summed E-state index contributed by atoms with van der Waals surface area (Å²) >= 11 is 0. The van der Waals surface area contributed by atoms with Crippen LogP contribution in [0.2, 0.25) is 0 Å².